The fourth-order valence-electron chi connectivity index (χ4n) is 2.49. The van der Waals surface area contributed by atoms with E-state index >= 15 is 0 Å². The summed E-state index contributed by atoms with van der Waals surface area (Å²) >= 11 is 1.63. The van der Waals surface area contributed by atoms with Crippen LogP contribution in [0.15, 0.2) is 47.4 Å². The van der Waals surface area contributed by atoms with Gasteiger partial charge in [0.1, 0.15) is 5.75 Å². The minimum absolute atomic E-state index is 0.0260. The highest BCUT2D eigenvalue weighted by molar-refractivity contribution is 7.98. The molecule has 23 heavy (non-hydrogen) atoms. The Hall–Kier alpha value is -1.94. The maximum absolute atomic E-state index is 13.1. The van der Waals surface area contributed by atoms with Gasteiger partial charge in [-0.1, -0.05) is 19.1 Å². The first-order valence-electron chi connectivity index (χ1n) is 7.71. The Bertz CT molecular complexity index is 685. The summed E-state index contributed by atoms with van der Waals surface area (Å²) in [6, 6.07) is 13.8. The van der Waals surface area contributed by atoms with Gasteiger partial charge in [-0.05, 0) is 55.5 Å². The van der Waals surface area contributed by atoms with Crippen molar-refractivity contribution < 1.29 is 9.53 Å². The van der Waals surface area contributed by atoms with Crippen LogP contribution < -0.4 is 9.64 Å². The molecule has 0 atom stereocenters. The van der Waals surface area contributed by atoms with E-state index in [9.17, 15) is 4.79 Å². The van der Waals surface area contributed by atoms with E-state index in [2.05, 4.69) is 6.92 Å². The molecule has 0 saturated carbocycles. The van der Waals surface area contributed by atoms with Crippen LogP contribution in [0, 0.1) is 6.92 Å². The van der Waals surface area contributed by atoms with Crippen LogP contribution in [-0.2, 0) is 0 Å². The Morgan fingerprint density at radius 3 is 2.61 bits per heavy atom. The molecule has 0 aliphatic rings. The van der Waals surface area contributed by atoms with E-state index in [4.69, 9.17) is 4.74 Å². The number of methoxy groups -OCH3 is 1. The second-order valence-electron chi connectivity index (χ2n) is 5.36. The molecule has 3 nitrogen and oxygen atoms in total. The SMILES string of the molecule is CCCN(C(=O)c1ccc(SC)cc1OC)c1cccc(C)c1. The number of aryl methyl sites for hydroxylation is 1. The molecule has 0 heterocycles. The maximum atomic E-state index is 13.1. The minimum atomic E-state index is -0.0260. The molecule has 0 aliphatic carbocycles. The van der Waals surface area contributed by atoms with Crippen molar-refractivity contribution in [3.05, 3.63) is 53.6 Å². The monoisotopic (exact) mass is 329 g/mol. The molecule has 2 rings (SSSR count). The van der Waals surface area contributed by atoms with Gasteiger partial charge >= 0.3 is 0 Å². The predicted molar refractivity (Wildman–Crippen MR) is 97.9 cm³/mol. The van der Waals surface area contributed by atoms with Crippen LogP contribution in [0.4, 0.5) is 5.69 Å². The highest BCUT2D eigenvalue weighted by atomic mass is 32.2. The third-order valence-corrected chi connectivity index (χ3v) is 4.37. The van der Waals surface area contributed by atoms with E-state index in [1.807, 2.05) is 60.5 Å². The van der Waals surface area contributed by atoms with Crippen molar-refractivity contribution in [1.29, 1.82) is 0 Å². The summed E-state index contributed by atoms with van der Waals surface area (Å²) in [5.74, 6) is 0.595. The summed E-state index contributed by atoms with van der Waals surface area (Å²) in [5, 5.41) is 0. The van der Waals surface area contributed by atoms with E-state index in [1.165, 1.54) is 0 Å². The lowest BCUT2D eigenvalue weighted by Gasteiger charge is -2.24. The highest BCUT2D eigenvalue weighted by Crippen LogP contribution is 2.28. The quantitative estimate of drug-likeness (QED) is 0.714. The Kier molecular flexibility index (Phi) is 6.11. The average molecular weight is 329 g/mol. The van der Waals surface area contributed by atoms with Gasteiger partial charge in [0.2, 0.25) is 0 Å². The predicted octanol–water partition coefficient (Wildman–Crippen LogP) is 4.78. The van der Waals surface area contributed by atoms with Crippen molar-refractivity contribution in [2.45, 2.75) is 25.2 Å². The molecule has 0 aliphatic heterocycles. The number of nitrogens with zero attached hydrogens (tertiary/aromatic N) is 1. The summed E-state index contributed by atoms with van der Waals surface area (Å²) in [6.45, 7) is 4.78. The van der Waals surface area contributed by atoms with E-state index in [-0.39, 0.29) is 5.91 Å². The topological polar surface area (TPSA) is 29.5 Å². The van der Waals surface area contributed by atoms with Crippen LogP contribution in [0.2, 0.25) is 0 Å². The van der Waals surface area contributed by atoms with Gasteiger partial charge in [-0.15, -0.1) is 11.8 Å². The zero-order chi connectivity index (χ0) is 16.8. The van der Waals surface area contributed by atoms with Gasteiger partial charge < -0.3 is 9.64 Å². The standard InChI is InChI=1S/C19H23NO2S/c1-5-11-20(15-8-6-7-14(2)12-15)19(21)17-10-9-16(23-4)13-18(17)22-3/h6-10,12-13H,5,11H2,1-4H3. The maximum Gasteiger partial charge on any atom is 0.262 e. The summed E-state index contributed by atoms with van der Waals surface area (Å²) in [6.07, 6.45) is 2.90. The van der Waals surface area contributed by atoms with Gasteiger partial charge in [-0.25, -0.2) is 0 Å². The Labute approximate surface area is 142 Å². The summed E-state index contributed by atoms with van der Waals surface area (Å²) in [7, 11) is 1.60. The van der Waals surface area contributed by atoms with Gasteiger partial charge in [-0.3, -0.25) is 4.79 Å². The second-order valence-corrected chi connectivity index (χ2v) is 6.24. The Morgan fingerprint density at radius 2 is 2.00 bits per heavy atom. The molecule has 4 heteroatoms. The summed E-state index contributed by atoms with van der Waals surface area (Å²) in [4.78, 5) is 16.0. The lowest BCUT2D eigenvalue weighted by atomic mass is 10.1. The number of ether oxygens (including phenoxy) is 1. The summed E-state index contributed by atoms with van der Waals surface area (Å²) in [5.41, 5.74) is 2.66. The Morgan fingerprint density at radius 1 is 1.22 bits per heavy atom. The van der Waals surface area contributed by atoms with Gasteiger partial charge in [0.25, 0.3) is 5.91 Å². The highest BCUT2D eigenvalue weighted by Gasteiger charge is 2.21. The van der Waals surface area contributed by atoms with Gasteiger partial charge in [0.15, 0.2) is 0 Å². The normalized spacial score (nSPS) is 10.4. The lowest BCUT2D eigenvalue weighted by molar-refractivity contribution is 0.0984. The smallest absolute Gasteiger partial charge is 0.262 e. The Balaban J connectivity index is 2.42. The molecule has 0 fully saturated rings. The van der Waals surface area contributed by atoms with Gasteiger partial charge in [0, 0.05) is 17.1 Å². The number of hydrogen-bond donors (Lipinski definition) is 0. The van der Waals surface area contributed by atoms with Crippen LogP contribution in [-0.4, -0.2) is 25.8 Å². The third kappa shape index (κ3) is 4.08. The van der Waals surface area contributed by atoms with E-state index in [0.29, 0.717) is 17.9 Å². The molecule has 0 saturated heterocycles. The molecular formula is C19H23NO2S. The fourth-order valence-corrected chi connectivity index (χ4v) is 2.92. The molecule has 0 N–H and O–H groups in total. The molecule has 0 bridgehead atoms. The van der Waals surface area contributed by atoms with Crippen molar-refractivity contribution in [3.63, 3.8) is 0 Å². The van der Waals surface area contributed by atoms with Crippen LogP contribution in [0.1, 0.15) is 29.3 Å². The zero-order valence-electron chi connectivity index (χ0n) is 14.1. The first kappa shape index (κ1) is 17.4. The van der Waals surface area contributed by atoms with Crippen LogP contribution in [0.5, 0.6) is 5.75 Å². The molecule has 0 unspecified atom stereocenters. The number of benzene rings is 2. The second kappa shape index (κ2) is 8.06. The number of amides is 1. The van der Waals surface area contributed by atoms with Crippen LogP contribution in [0.3, 0.4) is 0 Å². The van der Waals surface area contributed by atoms with Gasteiger partial charge in [-0.2, -0.15) is 0 Å². The minimum Gasteiger partial charge on any atom is -0.496 e. The molecule has 122 valence electrons. The van der Waals surface area contributed by atoms with Gasteiger partial charge in [0.05, 0.1) is 12.7 Å². The first-order chi connectivity index (χ1) is 11.1. The van der Waals surface area contributed by atoms with Crippen LogP contribution >= 0.6 is 11.8 Å². The number of carbonyl (C=O) groups excluding carboxylic acids is 1. The third-order valence-electron chi connectivity index (χ3n) is 3.64. The molecule has 2 aromatic rings. The lowest BCUT2D eigenvalue weighted by Crippen LogP contribution is -2.32. The molecule has 0 radical (unpaired) electrons. The number of thioether (sulfide) groups is 1. The van der Waals surface area contributed by atoms with Crippen molar-refractivity contribution in [1.82, 2.24) is 0 Å². The van der Waals surface area contributed by atoms with E-state index < -0.39 is 0 Å². The number of carbonyl (C=O) groups is 1. The van der Waals surface area contributed by atoms with Crippen molar-refractivity contribution >= 4 is 23.4 Å². The number of rotatable bonds is 6. The average Bonchev–Trinajstić information content (AvgIpc) is 2.58. The molecule has 0 spiro atoms. The molecule has 2 aromatic carbocycles. The molecular weight excluding hydrogens is 306 g/mol. The molecule has 1 amide bonds. The van der Waals surface area contributed by atoms with Crippen molar-refractivity contribution in [3.8, 4) is 5.75 Å². The van der Waals surface area contributed by atoms with E-state index in [1.54, 1.807) is 18.9 Å². The van der Waals surface area contributed by atoms with Crippen molar-refractivity contribution in [2.24, 2.45) is 0 Å². The molecule has 0 aromatic heterocycles. The number of anilines is 1. The largest absolute Gasteiger partial charge is 0.496 e. The fraction of sp³-hybridized carbons (Fsp3) is 0.316. The van der Waals surface area contributed by atoms with Crippen LogP contribution in [0.25, 0.3) is 0 Å². The summed E-state index contributed by atoms with van der Waals surface area (Å²) < 4.78 is 5.44. The van der Waals surface area contributed by atoms with E-state index in [0.717, 1.165) is 22.6 Å². The number of hydrogen-bond acceptors (Lipinski definition) is 3. The zero-order valence-corrected chi connectivity index (χ0v) is 14.9. The first-order valence-corrected chi connectivity index (χ1v) is 8.93. The van der Waals surface area contributed by atoms with Crippen molar-refractivity contribution in [2.75, 3.05) is 24.8 Å².